The number of ether oxygens (including phenoxy) is 1. The van der Waals surface area contributed by atoms with Gasteiger partial charge < -0.3 is 4.74 Å². The van der Waals surface area contributed by atoms with Crippen LogP contribution < -0.4 is 10.4 Å². The third-order valence-corrected chi connectivity index (χ3v) is 3.96. The molecule has 0 aliphatic rings. The van der Waals surface area contributed by atoms with Gasteiger partial charge in [-0.2, -0.15) is 9.36 Å². The van der Waals surface area contributed by atoms with Crippen molar-refractivity contribution in [1.82, 2.24) is 19.8 Å². The first kappa shape index (κ1) is 16.3. The van der Waals surface area contributed by atoms with E-state index in [1.54, 1.807) is 19.2 Å². The predicted molar refractivity (Wildman–Crippen MR) is 92.9 cm³/mol. The van der Waals surface area contributed by atoms with Gasteiger partial charge in [0.15, 0.2) is 0 Å². The van der Waals surface area contributed by atoms with Crippen LogP contribution >= 0.6 is 11.6 Å². The summed E-state index contributed by atoms with van der Waals surface area (Å²) in [6.45, 7) is 2.48. The van der Waals surface area contributed by atoms with Crippen molar-refractivity contribution >= 4 is 11.6 Å². The summed E-state index contributed by atoms with van der Waals surface area (Å²) in [7, 11) is 1.58. The van der Waals surface area contributed by atoms with Gasteiger partial charge >= 0.3 is 5.69 Å². The number of tetrazole rings is 1. The van der Waals surface area contributed by atoms with Crippen LogP contribution in [0.25, 0.3) is 16.8 Å². The van der Waals surface area contributed by atoms with Crippen molar-refractivity contribution in [3.05, 3.63) is 58.0 Å². The summed E-state index contributed by atoms with van der Waals surface area (Å²) in [6, 6.07) is 13.2. The van der Waals surface area contributed by atoms with Crippen molar-refractivity contribution < 1.29 is 4.74 Å². The van der Waals surface area contributed by atoms with Crippen LogP contribution in [-0.2, 0) is 6.54 Å². The second-order valence-electron chi connectivity index (χ2n) is 5.27. The highest BCUT2D eigenvalue weighted by Crippen LogP contribution is 2.35. The van der Waals surface area contributed by atoms with E-state index in [2.05, 4.69) is 10.4 Å². The first-order valence-corrected chi connectivity index (χ1v) is 7.99. The Kier molecular flexibility index (Phi) is 4.66. The van der Waals surface area contributed by atoms with Crippen LogP contribution in [0.15, 0.2) is 47.3 Å². The number of hydrogen-bond donors (Lipinski definition) is 0. The monoisotopic (exact) mass is 344 g/mol. The van der Waals surface area contributed by atoms with Gasteiger partial charge in [-0.05, 0) is 28.5 Å². The van der Waals surface area contributed by atoms with E-state index in [-0.39, 0.29) is 5.69 Å². The van der Waals surface area contributed by atoms with E-state index in [0.29, 0.717) is 23.0 Å². The van der Waals surface area contributed by atoms with Crippen LogP contribution in [0, 0.1) is 0 Å². The molecule has 2 aromatic carbocycles. The fourth-order valence-corrected chi connectivity index (χ4v) is 2.74. The molecule has 0 amide bonds. The average molecular weight is 345 g/mol. The normalized spacial score (nSPS) is 10.8. The lowest BCUT2D eigenvalue weighted by molar-refractivity contribution is 0.416. The molecule has 3 rings (SSSR count). The minimum Gasteiger partial charge on any atom is -0.496 e. The van der Waals surface area contributed by atoms with Crippen molar-refractivity contribution in [3.63, 3.8) is 0 Å². The molecule has 3 aromatic rings. The van der Waals surface area contributed by atoms with Crippen molar-refractivity contribution in [3.8, 4) is 22.6 Å². The molecule has 0 saturated heterocycles. The van der Waals surface area contributed by atoms with E-state index >= 15 is 0 Å². The molecule has 6 nitrogen and oxygen atoms in total. The second kappa shape index (κ2) is 6.88. The Labute approximate surface area is 144 Å². The highest BCUT2D eigenvalue weighted by molar-refractivity contribution is 6.32. The van der Waals surface area contributed by atoms with Gasteiger partial charge in [-0.15, -0.1) is 0 Å². The lowest BCUT2D eigenvalue weighted by Crippen LogP contribution is -2.24. The maximum Gasteiger partial charge on any atom is 0.368 e. The van der Waals surface area contributed by atoms with Crippen LogP contribution in [0.4, 0.5) is 0 Å². The number of halogens is 1. The summed E-state index contributed by atoms with van der Waals surface area (Å²) in [6.07, 6.45) is 0.794. The number of benzene rings is 2. The first-order valence-electron chi connectivity index (χ1n) is 7.62. The Hall–Kier alpha value is -2.60. The molecular weight excluding hydrogens is 328 g/mol. The third kappa shape index (κ3) is 2.92. The molecular formula is C17H17ClN4O2. The molecule has 0 atom stereocenters. The topological polar surface area (TPSA) is 61.9 Å². The molecule has 1 heterocycles. The predicted octanol–water partition coefficient (Wildman–Crippen LogP) is 3.17. The molecule has 24 heavy (non-hydrogen) atoms. The third-order valence-electron chi connectivity index (χ3n) is 3.66. The molecule has 0 radical (unpaired) electrons. The first-order chi connectivity index (χ1) is 11.7. The molecule has 7 heteroatoms. The number of methoxy groups -OCH3 is 1. The van der Waals surface area contributed by atoms with Crippen LogP contribution in [0.3, 0.4) is 0 Å². The van der Waals surface area contributed by atoms with E-state index in [9.17, 15) is 4.79 Å². The van der Waals surface area contributed by atoms with E-state index in [1.807, 2.05) is 37.3 Å². The smallest absolute Gasteiger partial charge is 0.368 e. The van der Waals surface area contributed by atoms with Gasteiger partial charge in [0.05, 0.1) is 17.8 Å². The molecule has 124 valence electrons. The van der Waals surface area contributed by atoms with E-state index in [0.717, 1.165) is 17.5 Å². The summed E-state index contributed by atoms with van der Waals surface area (Å²) < 4.78 is 7.99. The number of aromatic nitrogens is 4. The van der Waals surface area contributed by atoms with Crippen LogP contribution in [0.5, 0.6) is 5.75 Å². The second-order valence-corrected chi connectivity index (χ2v) is 5.67. The Bertz CT molecular complexity index is 903. The van der Waals surface area contributed by atoms with Gasteiger partial charge in [0, 0.05) is 18.2 Å². The Morgan fingerprint density at radius 2 is 1.92 bits per heavy atom. The van der Waals surface area contributed by atoms with Gasteiger partial charge in [0.2, 0.25) is 0 Å². The van der Waals surface area contributed by atoms with Crippen molar-refractivity contribution in [2.75, 3.05) is 7.11 Å². The van der Waals surface area contributed by atoms with Crippen molar-refractivity contribution in [2.45, 2.75) is 19.9 Å². The van der Waals surface area contributed by atoms with Gasteiger partial charge in [-0.3, -0.25) is 0 Å². The van der Waals surface area contributed by atoms with Gasteiger partial charge in [0.1, 0.15) is 5.75 Å². The maximum atomic E-state index is 12.4. The number of hydrogen-bond acceptors (Lipinski definition) is 4. The molecule has 1 aromatic heterocycles. The summed E-state index contributed by atoms with van der Waals surface area (Å²) in [5, 5.41) is 8.20. The lowest BCUT2D eigenvalue weighted by atomic mass is 10.0. The van der Waals surface area contributed by atoms with E-state index < -0.39 is 0 Å². The highest BCUT2D eigenvalue weighted by atomic mass is 35.5. The standard InChI is InChI=1S/C17H17ClN4O2/c1-3-9-21-17(23)22(20-19-21)15-11-16(24-2)13(10-14(15)18)12-7-5-4-6-8-12/h4-8,10-11H,3,9H2,1-2H3. The van der Waals surface area contributed by atoms with Gasteiger partial charge in [-0.25, -0.2) is 4.79 Å². The number of nitrogens with zero attached hydrogens (tertiary/aromatic N) is 4. The molecule has 0 aliphatic heterocycles. The van der Waals surface area contributed by atoms with Crippen LogP contribution in [0.1, 0.15) is 13.3 Å². The minimum atomic E-state index is -0.326. The fourth-order valence-electron chi connectivity index (χ4n) is 2.49. The molecule has 0 fully saturated rings. The quantitative estimate of drug-likeness (QED) is 0.713. The Morgan fingerprint density at radius 1 is 1.17 bits per heavy atom. The van der Waals surface area contributed by atoms with Gasteiger partial charge in [-0.1, -0.05) is 48.9 Å². The molecule has 0 N–H and O–H groups in total. The molecule has 0 spiro atoms. The summed E-state index contributed by atoms with van der Waals surface area (Å²) in [5.41, 5.74) is 1.94. The molecule has 0 aliphatic carbocycles. The van der Waals surface area contributed by atoms with Crippen molar-refractivity contribution in [2.24, 2.45) is 0 Å². The maximum absolute atomic E-state index is 12.4. The largest absolute Gasteiger partial charge is 0.496 e. The van der Waals surface area contributed by atoms with Gasteiger partial charge in [0.25, 0.3) is 0 Å². The molecule has 0 bridgehead atoms. The average Bonchev–Trinajstić information content (AvgIpc) is 2.96. The zero-order chi connectivity index (χ0) is 17.1. The number of rotatable bonds is 5. The zero-order valence-electron chi connectivity index (χ0n) is 13.4. The minimum absolute atomic E-state index is 0.326. The fraction of sp³-hybridized carbons (Fsp3) is 0.235. The zero-order valence-corrected chi connectivity index (χ0v) is 14.2. The molecule has 0 unspecified atom stereocenters. The Balaban J connectivity index is 2.13. The van der Waals surface area contributed by atoms with Crippen LogP contribution in [0.2, 0.25) is 5.02 Å². The SMILES string of the molecule is CCCn1nnn(-c2cc(OC)c(-c3ccccc3)cc2Cl)c1=O. The van der Waals surface area contributed by atoms with E-state index in [4.69, 9.17) is 16.3 Å². The summed E-state index contributed by atoms with van der Waals surface area (Å²) in [4.78, 5) is 12.4. The summed E-state index contributed by atoms with van der Waals surface area (Å²) in [5.74, 6) is 0.609. The molecule has 0 saturated carbocycles. The Morgan fingerprint density at radius 3 is 2.58 bits per heavy atom. The highest BCUT2D eigenvalue weighted by Gasteiger charge is 2.16. The lowest BCUT2D eigenvalue weighted by Gasteiger charge is -2.12. The van der Waals surface area contributed by atoms with E-state index in [1.165, 1.54) is 9.36 Å². The van der Waals surface area contributed by atoms with Crippen molar-refractivity contribution in [1.29, 1.82) is 0 Å². The van der Waals surface area contributed by atoms with Crippen LogP contribution in [-0.4, -0.2) is 26.9 Å². The summed E-state index contributed by atoms with van der Waals surface area (Å²) >= 11 is 6.41. The number of aryl methyl sites for hydroxylation is 1.